The highest BCUT2D eigenvalue weighted by molar-refractivity contribution is 9.10. The van der Waals surface area contributed by atoms with Crippen LogP contribution < -0.4 is 5.73 Å². The summed E-state index contributed by atoms with van der Waals surface area (Å²) in [6, 6.07) is 11.7. The first-order chi connectivity index (χ1) is 9.72. The third-order valence-electron chi connectivity index (χ3n) is 2.98. The van der Waals surface area contributed by atoms with Crippen LogP contribution in [0.5, 0.6) is 0 Å². The summed E-state index contributed by atoms with van der Waals surface area (Å²) in [5.74, 6) is 0.891. The van der Waals surface area contributed by atoms with Crippen molar-refractivity contribution < 1.29 is 0 Å². The molecule has 3 aromatic rings. The second-order valence-corrected chi connectivity index (χ2v) is 5.39. The molecule has 4 nitrogen and oxygen atoms in total. The second kappa shape index (κ2) is 5.46. The van der Waals surface area contributed by atoms with Gasteiger partial charge in [-0.2, -0.15) is 0 Å². The van der Waals surface area contributed by atoms with Gasteiger partial charge in [-0.05, 0) is 40.2 Å². The number of benzene rings is 1. The molecule has 0 fully saturated rings. The third-order valence-corrected chi connectivity index (χ3v) is 3.45. The Balaban J connectivity index is 1.92. The Labute approximate surface area is 125 Å². The first-order valence-corrected chi connectivity index (χ1v) is 6.99. The summed E-state index contributed by atoms with van der Waals surface area (Å²) in [6.45, 7) is 0.678. The highest BCUT2D eigenvalue weighted by Gasteiger charge is 2.07. The van der Waals surface area contributed by atoms with Crippen molar-refractivity contribution in [1.82, 2.24) is 14.5 Å². The maximum atomic E-state index is 5.83. The number of imidazole rings is 1. The number of pyridine rings is 1. The van der Waals surface area contributed by atoms with E-state index in [1.165, 1.54) is 0 Å². The minimum absolute atomic E-state index is 0.678. The van der Waals surface area contributed by atoms with E-state index < -0.39 is 0 Å². The fourth-order valence-electron chi connectivity index (χ4n) is 2.05. The zero-order valence-electron chi connectivity index (χ0n) is 10.7. The Morgan fingerprint density at radius 3 is 2.80 bits per heavy atom. The summed E-state index contributed by atoms with van der Waals surface area (Å²) in [5.41, 5.74) is 8.55. The van der Waals surface area contributed by atoms with Crippen LogP contribution in [-0.4, -0.2) is 14.5 Å². The zero-order valence-corrected chi connectivity index (χ0v) is 12.3. The standard InChI is InChI=1S/C15H13BrN4/c16-12-4-5-14(19-9-12)10-20-7-6-18-15(20)11-2-1-3-13(17)8-11/h1-9H,10,17H2. The van der Waals surface area contributed by atoms with Gasteiger partial charge < -0.3 is 10.3 Å². The van der Waals surface area contributed by atoms with Crippen molar-refractivity contribution in [1.29, 1.82) is 0 Å². The summed E-state index contributed by atoms with van der Waals surface area (Å²) in [5, 5.41) is 0. The molecule has 0 amide bonds. The number of anilines is 1. The van der Waals surface area contributed by atoms with Crippen molar-refractivity contribution >= 4 is 21.6 Å². The van der Waals surface area contributed by atoms with E-state index in [0.717, 1.165) is 27.2 Å². The Morgan fingerprint density at radius 2 is 2.05 bits per heavy atom. The van der Waals surface area contributed by atoms with E-state index in [-0.39, 0.29) is 0 Å². The molecular weight excluding hydrogens is 316 g/mol. The summed E-state index contributed by atoms with van der Waals surface area (Å²) in [4.78, 5) is 8.80. The van der Waals surface area contributed by atoms with E-state index in [1.54, 1.807) is 12.4 Å². The van der Waals surface area contributed by atoms with Crippen molar-refractivity contribution in [3.63, 3.8) is 0 Å². The quantitative estimate of drug-likeness (QED) is 0.750. The lowest BCUT2D eigenvalue weighted by Gasteiger charge is -2.08. The predicted octanol–water partition coefficient (Wildman–Crippen LogP) is 3.34. The van der Waals surface area contributed by atoms with E-state index in [4.69, 9.17) is 5.73 Å². The average Bonchev–Trinajstić information content (AvgIpc) is 2.89. The normalized spacial score (nSPS) is 10.7. The van der Waals surface area contributed by atoms with Crippen LogP contribution in [0, 0.1) is 0 Å². The molecule has 0 saturated heterocycles. The molecule has 0 aliphatic heterocycles. The van der Waals surface area contributed by atoms with Gasteiger partial charge in [0.05, 0.1) is 12.2 Å². The molecule has 2 aromatic heterocycles. The van der Waals surface area contributed by atoms with Crippen LogP contribution in [0.1, 0.15) is 5.69 Å². The summed E-state index contributed by atoms with van der Waals surface area (Å²) in [7, 11) is 0. The van der Waals surface area contributed by atoms with E-state index in [2.05, 4.69) is 30.5 Å². The Hall–Kier alpha value is -2.14. The number of hydrogen-bond donors (Lipinski definition) is 1. The van der Waals surface area contributed by atoms with Gasteiger partial charge in [0, 0.05) is 34.3 Å². The van der Waals surface area contributed by atoms with Gasteiger partial charge in [0.15, 0.2) is 0 Å². The van der Waals surface area contributed by atoms with Crippen molar-refractivity contribution in [2.24, 2.45) is 0 Å². The monoisotopic (exact) mass is 328 g/mol. The Kier molecular flexibility index (Phi) is 3.52. The third kappa shape index (κ3) is 2.72. The molecule has 0 radical (unpaired) electrons. The maximum Gasteiger partial charge on any atom is 0.140 e. The first-order valence-electron chi connectivity index (χ1n) is 6.20. The largest absolute Gasteiger partial charge is 0.399 e. The second-order valence-electron chi connectivity index (χ2n) is 4.47. The molecule has 0 aliphatic carbocycles. The molecule has 5 heteroatoms. The van der Waals surface area contributed by atoms with Gasteiger partial charge in [-0.15, -0.1) is 0 Å². The SMILES string of the molecule is Nc1cccc(-c2nccn2Cc2ccc(Br)cn2)c1. The van der Waals surface area contributed by atoms with Gasteiger partial charge in [0.25, 0.3) is 0 Å². The van der Waals surface area contributed by atoms with E-state index in [0.29, 0.717) is 6.54 Å². The smallest absolute Gasteiger partial charge is 0.140 e. The molecule has 2 heterocycles. The molecule has 0 saturated carbocycles. The average molecular weight is 329 g/mol. The molecule has 1 aromatic carbocycles. The number of aromatic nitrogens is 3. The number of nitrogens with zero attached hydrogens (tertiary/aromatic N) is 3. The van der Waals surface area contributed by atoms with Crippen LogP contribution in [0.4, 0.5) is 5.69 Å². The molecule has 0 aliphatic rings. The van der Waals surface area contributed by atoms with Gasteiger partial charge >= 0.3 is 0 Å². The van der Waals surface area contributed by atoms with E-state index >= 15 is 0 Å². The summed E-state index contributed by atoms with van der Waals surface area (Å²) >= 11 is 3.39. The van der Waals surface area contributed by atoms with Gasteiger partial charge in [0.1, 0.15) is 5.82 Å². The molecule has 20 heavy (non-hydrogen) atoms. The first kappa shape index (κ1) is 12.9. The Morgan fingerprint density at radius 1 is 1.15 bits per heavy atom. The van der Waals surface area contributed by atoms with Crippen LogP contribution in [-0.2, 0) is 6.54 Å². The fourth-order valence-corrected chi connectivity index (χ4v) is 2.28. The molecular formula is C15H13BrN4. The minimum Gasteiger partial charge on any atom is -0.399 e. The summed E-state index contributed by atoms with van der Waals surface area (Å²) in [6.07, 6.45) is 5.53. The number of halogens is 1. The zero-order chi connectivity index (χ0) is 13.9. The van der Waals surface area contributed by atoms with Gasteiger partial charge in [-0.25, -0.2) is 4.98 Å². The van der Waals surface area contributed by atoms with Crippen molar-refractivity contribution in [2.45, 2.75) is 6.54 Å². The minimum atomic E-state index is 0.678. The molecule has 3 rings (SSSR count). The van der Waals surface area contributed by atoms with Crippen molar-refractivity contribution in [3.8, 4) is 11.4 Å². The fraction of sp³-hybridized carbons (Fsp3) is 0.0667. The summed E-state index contributed by atoms with van der Waals surface area (Å²) < 4.78 is 3.04. The topological polar surface area (TPSA) is 56.7 Å². The van der Waals surface area contributed by atoms with E-state index in [1.807, 2.05) is 42.6 Å². The van der Waals surface area contributed by atoms with Crippen LogP contribution in [0.15, 0.2) is 59.5 Å². The predicted molar refractivity (Wildman–Crippen MR) is 83.1 cm³/mol. The van der Waals surface area contributed by atoms with Gasteiger partial charge in [-0.1, -0.05) is 12.1 Å². The lowest BCUT2D eigenvalue weighted by atomic mass is 10.2. The van der Waals surface area contributed by atoms with Crippen molar-refractivity contribution in [2.75, 3.05) is 5.73 Å². The number of nitrogen functional groups attached to an aromatic ring is 1. The number of hydrogen-bond acceptors (Lipinski definition) is 3. The Bertz CT molecular complexity index is 719. The highest BCUT2D eigenvalue weighted by atomic mass is 79.9. The van der Waals surface area contributed by atoms with Crippen LogP contribution >= 0.6 is 15.9 Å². The molecule has 0 spiro atoms. The van der Waals surface area contributed by atoms with Crippen LogP contribution in [0.25, 0.3) is 11.4 Å². The van der Waals surface area contributed by atoms with E-state index in [9.17, 15) is 0 Å². The highest BCUT2D eigenvalue weighted by Crippen LogP contribution is 2.20. The van der Waals surface area contributed by atoms with Crippen molar-refractivity contribution in [3.05, 3.63) is 65.2 Å². The molecule has 0 bridgehead atoms. The molecule has 100 valence electrons. The molecule has 0 unspecified atom stereocenters. The maximum absolute atomic E-state index is 5.83. The van der Waals surface area contributed by atoms with Gasteiger partial charge in [-0.3, -0.25) is 4.98 Å². The van der Waals surface area contributed by atoms with Gasteiger partial charge in [0.2, 0.25) is 0 Å². The lowest BCUT2D eigenvalue weighted by molar-refractivity contribution is 0.781. The lowest BCUT2D eigenvalue weighted by Crippen LogP contribution is -2.03. The van der Waals surface area contributed by atoms with Crippen LogP contribution in [0.3, 0.4) is 0 Å². The number of nitrogens with two attached hydrogens (primary N) is 1. The molecule has 2 N–H and O–H groups in total. The molecule has 0 atom stereocenters. The van der Waals surface area contributed by atoms with Crippen LogP contribution in [0.2, 0.25) is 0 Å². The number of rotatable bonds is 3.